The van der Waals surface area contributed by atoms with Crippen LogP contribution in [0, 0.1) is 5.92 Å². The van der Waals surface area contributed by atoms with E-state index in [1.165, 1.54) is 5.56 Å². The molecular formula is C19H19ClN2O. The Morgan fingerprint density at radius 3 is 2.70 bits per heavy atom. The Labute approximate surface area is 141 Å². The van der Waals surface area contributed by atoms with Crippen LogP contribution in [0.2, 0.25) is 5.02 Å². The molecule has 2 aromatic carbocycles. The van der Waals surface area contributed by atoms with Crippen molar-refractivity contribution < 1.29 is 4.74 Å². The minimum atomic E-state index is -0.0464. The fourth-order valence-corrected chi connectivity index (χ4v) is 3.51. The molecule has 0 spiro atoms. The van der Waals surface area contributed by atoms with E-state index < -0.39 is 0 Å². The normalized spacial score (nSPS) is 22.4. The summed E-state index contributed by atoms with van der Waals surface area (Å²) < 4.78 is 6.21. The highest BCUT2D eigenvalue weighted by Gasteiger charge is 2.41. The molecule has 0 N–H and O–H groups in total. The molecule has 0 saturated heterocycles. The number of hydrogen-bond donors (Lipinski definition) is 0. The predicted octanol–water partition coefficient (Wildman–Crippen LogP) is 4.87. The SMILES string of the molecule is CC(C)[C@@H]1Oc2ccc(Cl)cc2[C@@H]2CC(c3ccccc3)=NN21. The van der Waals surface area contributed by atoms with E-state index in [1.54, 1.807) is 0 Å². The fourth-order valence-electron chi connectivity index (χ4n) is 3.33. The van der Waals surface area contributed by atoms with Crippen molar-refractivity contribution in [2.24, 2.45) is 11.0 Å². The highest BCUT2D eigenvalue weighted by atomic mass is 35.5. The van der Waals surface area contributed by atoms with Gasteiger partial charge in [-0.2, -0.15) is 5.10 Å². The number of rotatable bonds is 2. The van der Waals surface area contributed by atoms with Crippen LogP contribution >= 0.6 is 11.6 Å². The molecule has 2 heterocycles. The molecule has 4 rings (SSSR count). The Morgan fingerprint density at radius 2 is 1.96 bits per heavy atom. The van der Waals surface area contributed by atoms with Crippen LogP contribution in [0.1, 0.15) is 37.4 Å². The minimum Gasteiger partial charge on any atom is -0.468 e. The van der Waals surface area contributed by atoms with E-state index in [0.29, 0.717) is 5.92 Å². The Kier molecular flexibility index (Phi) is 3.53. The zero-order valence-electron chi connectivity index (χ0n) is 13.2. The second-order valence-electron chi connectivity index (χ2n) is 6.45. The summed E-state index contributed by atoms with van der Waals surface area (Å²) in [7, 11) is 0. The van der Waals surface area contributed by atoms with Crippen LogP contribution in [0.25, 0.3) is 0 Å². The van der Waals surface area contributed by atoms with E-state index in [4.69, 9.17) is 21.4 Å². The van der Waals surface area contributed by atoms with Crippen molar-refractivity contribution in [3.05, 3.63) is 64.7 Å². The molecule has 0 saturated carbocycles. The van der Waals surface area contributed by atoms with Crippen molar-refractivity contribution in [1.82, 2.24) is 5.01 Å². The smallest absolute Gasteiger partial charge is 0.190 e. The van der Waals surface area contributed by atoms with Gasteiger partial charge in [-0.25, -0.2) is 5.01 Å². The van der Waals surface area contributed by atoms with Crippen LogP contribution in [0.4, 0.5) is 0 Å². The molecule has 2 aliphatic rings. The average Bonchev–Trinajstić information content (AvgIpc) is 3.00. The topological polar surface area (TPSA) is 24.8 Å². The summed E-state index contributed by atoms with van der Waals surface area (Å²) in [6.45, 7) is 4.33. The summed E-state index contributed by atoms with van der Waals surface area (Å²) in [5.41, 5.74) is 3.41. The largest absolute Gasteiger partial charge is 0.468 e. The van der Waals surface area contributed by atoms with Crippen LogP contribution < -0.4 is 4.74 Å². The lowest BCUT2D eigenvalue weighted by molar-refractivity contribution is -0.0461. The molecule has 0 radical (unpaired) electrons. The molecule has 0 aliphatic carbocycles. The van der Waals surface area contributed by atoms with Gasteiger partial charge in [-0.05, 0) is 23.8 Å². The first-order chi connectivity index (χ1) is 11.1. The van der Waals surface area contributed by atoms with Gasteiger partial charge in [0.2, 0.25) is 0 Å². The summed E-state index contributed by atoms with van der Waals surface area (Å²) >= 11 is 6.21. The second kappa shape index (κ2) is 5.57. The lowest BCUT2D eigenvalue weighted by Crippen LogP contribution is -2.43. The standard InChI is InChI=1S/C19H19ClN2O/c1-12(2)19-22-17(15-10-14(20)8-9-18(15)23-19)11-16(21-22)13-6-4-3-5-7-13/h3-10,12,17,19H,11H2,1-2H3/t17-,19-/m0/s1. The van der Waals surface area contributed by atoms with Crippen molar-refractivity contribution in [2.75, 3.05) is 0 Å². The van der Waals surface area contributed by atoms with Crippen molar-refractivity contribution in [1.29, 1.82) is 0 Å². The number of fused-ring (bicyclic) bond motifs is 3. The number of benzene rings is 2. The molecule has 3 nitrogen and oxygen atoms in total. The number of halogens is 1. The summed E-state index contributed by atoms with van der Waals surface area (Å²) in [6, 6.07) is 16.4. The Morgan fingerprint density at radius 1 is 1.17 bits per heavy atom. The molecular weight excluding hydrogens is 308 g/mol. The van der Waals surface area contributed by atoms with Gasteiger partial charge in [0.05, 0.1) is 11.8 Å². The highest BCUT2D eigenvalue weighted by Crippen LogP contribution is 2.45. The first-order valence-electron chi connectivity index (χ1n) is 8.01. The summed E-state index contributed by atoms with van der Waals surface area (Å²) in [5.74, 6) is 1.28. The Balaban J connectivity index is 1.77. The van der Waals surface area contributed by atoms with Gasteiger partial charge in [0.15, 0.2) is 6.23 Å². The molecule has 4 heteroatoms. The van der Waals surface area contributed by atoms with Crippen molar-refractivity contribution in [3.8, 4) is 5.75 Å². The molecule has 23 heavy (non-hydrogen) atoms. The van der Waals surface area contributed by atoms with Crippen LogP contribution in [0.3, 0.4) is 0 Å². The number of nitrogens with zero attached hydrogens (tertiary/aromatic N) is 2. The maximum atomic E-state index is 6.21. The molecule has 0 amide bonds. The maximum absolute atomic E-state index is 6.21. The molecule has 2 aliphatic heterocycles. The van der Waals surface area contributed by atoms with Gasteiger partial charge in [-0.3, -0.25) is 0 Å². The van der Waals surface area contributed by atoms with Gasteiger partial charge in [0.25, 0.3) is 0 Å². The Bertz CT molecular complexity index is 757. The molecule has 118 valence electrons. The summed E-state index contributed by atoms with van der Waals surface area (Å²) in [4.78, 5) is 0. The summed E-state index contributed by atoms with van der Waals surface area (Å²) in [6.07, 6.45) is 0.833. The number of hydrazone groups is 1. The van der Waals surface area contributed by atoms with Gasteiger partial charge in [-0.15, -0.1) is 0 Å². The van der Waals surface area contributed by atoms with Crippen LogP contribution in [-0.4, -0.2) is 16.9 Å². The Hall–Kier alpha value is -2.00. The van der Waals surface area contributed by atoms with Gasteiger partial charge in [-0.1, -0.05) is 55.8 Å². The lowest BCUT2D eigenvalue weighted by Gasteiger charge is -2.40. The lowest BCUT2D eigenvalue weighted by atomic mass is 9.95. The molecule has 2 aromatic rings. The van der Waals surface area contributed by atoms with E-state index in [0.717, 1.165) is 28.5 Å². The van der Waals surface area contributed by atoms with Crippen molar-refractivity contribution >= 4 is 17.3 Å². The van der Waals surface area contributed by atoms with Crippen LogP contribution in [0.15, 0.2) is 53.6 Å². The summed E-state index contributed by atoms with van der Waals surface area (Å²) in [5, 5.41) is 7.75. The van der Waals surface area contributed by atoms with Gasteiger partial charge in [0.1, 0.15) is 5.75 Å². The average molecular weight is 327 g/mol. The zero-order valence-corrected chi connectivity index (χ0v) is 14.0. The zero-order chi connectivity index (χ0) is 16.0. The highest BCUT2D eigenvalue weighted by molar-refractivity contribution is 6.30. The monoisotopic (exact) mass is 326 g/mol. The van der Waals surface area contributed by atoms with Crippen molar-refractivity contribution in [2.45, 2.75) is 32.5 Å². The van der Waals surface area contributed by atoms with E-state index in [9.17, 15) is 0 Å². The first-order valence-corrected chi connectivity index (χ1v) is 8.38. The third-order valence-electron chi connectivity index (χ3n) is 4.46. The van der Waals surface area contributed by atoms with Gasteiger partial charge >= 0.3 is 0 Å². The number of hydrogen-bond acceptors (Lipinski definition) is 3. The maximum Gasteiger partial charge on any atom is 0.190 e. The predicted molar refractivity (Wildman–Crippen MR) is 92.9 cm³/mol. The second-order valence-corrected chi connectivity index (χ2v) is 6.88. The minimum absolute atomic E-state index is 0.0464. The van der Waals surface area contributed by atoms with E-state index in [-0.39, 0.29) is 12.3 Å². The quantitative estimate of drug-likeness (QED) is 0.786. The third-order valence-corrected chi connectivity index (χ3v) is 4.69. The van der Waals surface area contributed by atoms with Gasteiger partial charge in [0, 0.05) is 22.9 Å². The molecule has 0 bridgehead atoms. The van der Waals surface area contributed by atoms with Crippen LogP contribution in [0.5, 0.6) is 5.75 Å². The van der Waals surface area contributed by atoms with E-state index in [1.807, 2.05) is 24.3 Å². The van der Waals surface area contributed by atoms with Crippen LogP contribution in [-0.2, 0) is 0 Å². The molecule has 2 atom stereocenters. The fraction of sp³-hybridized carbons (Fsp3) is 0.316. The number of ether oxygens (including phenoxy) is 1. The van der Waals surface area contributed by atoms with E-state index >= 15 is 0 Å². The molecule has 0 fully saturated rings. The third kappa shape index (κ3) is 2.49. The van der Waals surface area contributed by atoms with Crippen molar-refractivity contribution in [3.63, 3.8) is 0 Å². The van der Waals surface area contributed by atoms with E-state index in [2.05, 4.69) is 43.1 Å². The first kappa shape index (κ1) is 14.6. The van der Waals surface area contributed by atoms with Gasteiger partial charge < -0.3 is 4.74 Å². The molecule has 0 unspecified atom stereocenters. The molecule has 0 aromatic heterocycles.